The molecule has 7 heteroatoms. The fourth-order valence-corrected chi connectivity index (χ4v) is 1.89. The molecule has 1 aromatic rings. The average molecular weight is 369 g/mol. The van der Waals surface area contributed by atoms with E-state index in [1.807, 2.05) is 13.8 Å². The molecule has 0 unspecified atom stereocenters. The van der Waals surface area contributed by atoms with Crippen LogP contribution in [0.25, 0.3) is 0 Å². The summed E-state index contributed by atoms with van der Waals surface area (Å²) in [6, 6.07) is 6.75. The molecule has 0 radical (unpaired) electrons. The number of hydrogen-bond donors (Lipinski definition) is 2. The van der Waals surface area contributed by atoms with Crippen molar-refractivity contribution in [2.75, 3.05) is 26.4 Å². The van der Waals surface area contributed by atoms with Gasteiger partial charge >= 0.3 is 0 Å². The molecule has 1 rings (SSSR count). The van der Waals surface area contributed by atoms with E-state index in [0.717, 1.165) is 0 Å². The van der Waals surface area contributed by atoms with Gasteiger partial charge < -0.3 is 20.1 Å². The van der Waals surface area contributed by atoms with Gasteiger partial charge in [-0.2, -0.15) is 0 Å². The second kappa shape index (κ2) is 11.5. The van der Waals surface area contributed by atoms with Gasteiger partial charge in [-0.05, 0) is 30.2 Å². The van der Waals surface area contributed by atoms with E-state index in [9.17, 15) is 9.59 Å². The minimum atomic E-state index is -0.255. The highest BCUT2D eigenvalue weighted by molar-refractivity contribution is 6.30. The minimum Gasteiger partial charge on any atom is -0.484 e. The normalized spacial score (nSPS) is 10.4. The molecule has 0 bridgehead atoms. The fourth-order valence-electron chi connectivity index (χ4n) is 1.77. The second-order valence-electron chi connectivity index (χ2n) is 5.90. The van der Waals surface area contributed by atoms with Crippen LogP contribution in [-0.2, 0) is 14.3 Å². The summed E-state index contributed by atoms with van der Waals surface area (Å²) in [5.74, 6) is 0.441. The standard InChI is InChI=1S/C18H25ClN2O4/c1-13(2)10-24-11-18(23)21-14(3)8-9-20-17(22)12-25-16-6-4-15(19)5-7-16/h4-7,13H,3,8-12H2,1-2H3,(H,20,22)(H,21,23). The first-order valence-corrected chi connectivity index (χ1v) is 8.45. The fraction of sp³-hybridized carbons (Fsp3) is 0.444. The van der Waals surface area contributed by atoms with Crippen LogP contribution in [0, 0.1) is 5.92 Å². The van der Waals surface area contributed by atoms with E-state index in [1.54, 1.807) is 24.3 Å². The van der Waals surface area contributed by atoms with Gasteiger partial charge in [-0.15, -0.1) is 0 Å². The molecule has 0 aliphatic heterocycles. The quantitative estimate of drug-likeness (QED) is 0.629. The predicted molar refractivity (Wildman–Crippen MR) is 97.5 cm³/mol. The van der Waals surface area contributed by atoms with Crippen molar-refractivity contribution in [1.82, 2.24) is 10.6 Å². The number of carbonyl (C=O) groups excluding carboxylic acids is 2. The number of hydrogen-bond acceptors (Lipinski definition) is 4. The third-order valence-electron chi connectivity index (χ3n) is 2.93. The van der Waals surface area contributed by atoms with Crippen molar-refractivity contribution in [2.45, 2.75) is 20.3 Å². The van der Waals surface area contributed by atoms with Crippen LogP contribution in [0.2, 0.25) is 5.02 Å². The summed E-state index contributed by atoms with van der Waals surface area (Å²) in [5, 5.41) is 5.93. The highest BCUT2D eigenvalue weighted by atomic mass is 35.5. The molecule has 138 valence electrons. The maximum absolute atomic E-state index is 11.7. The van der Waals surface area contributed by atoms with E-state index >= 15 is 0 Å². The number of rotatable bonds is 11. The van der Waals surface area contributed by atoms with Crippen LogP contribution in [0.1, 0.15) is 20.3 Å². The lowest BCUT2D eigenvalue weighted by Gasteiger charge is -2.11. The van der Waals surface area contributed by atoms with Crippen LogP contribution < -0.4 is 15.4 Å². The molecule has 0 spiro atoms. The Morgan fingerprint density at radius 2 is 1.84 bits per heavy atom. The monoisotopic (exact) mass is 368 g/mol. The van der Waals surface area contributed by atoms with Crippen molar-refractivity contribution in [3.63, 3.8) is 0 Å². The number of carbonyl (C=O) groups is 2. The zero-order chi connectivity index (χ0) is 18.7. The average Bonchev–Trinajstić information content (AvgIpc) is 2.54. The van der Waals surface area contributed by atoms with Crippen molar-refractivity contribution >= 4 is 23.4 Å². The van der Waals surface area contributed by atoms with E-state index in [0.29, 0.717) is 42.0 Å². The lowest BCUT2D eigenvalue weighted by Crippen LogP contribution is -2.32. The van der Waals surface area contributed by atoms with E-state index in [1.165, 1.54) is 0 Å². The van der Waals surface area contributed by atoms with Crippen molar-refractivity contribution in [2.24, 2.45) is 5.92 Å². The lowest BCUT2D eigenvalue weighted by atomic mass is 10.2. The zero-order valence-electron chi connectivity index (χ0n) is 14.6. The summed E-state index contributed by atoms with van der Waals surface area (Å²) in [5.41, 5.74) is 0.525. The SMILES string of the molecule is C=C(CCNC(=O)COc1ccc(Cl)cc1)NC(=O)COCC(C)C. The Balaban J connectivity index is 2.12. The Morgan fingerprint density at radius 1 is 1.16 bits per heavy atom. The molecule has 2 amide bonds. The van der Waals surface area contributed by atoms with Crippen LogP contribution >= 0.6 is 11.6 Å². The first-order valence-electron chi connectivity index (χ1n) is 8.07. The van der Waals surface area contributed by atoms with Gasteiger partial charge in [0.05, 0.1) is 0 Å². The van der Waals surface area contributed by atoms with E-state index in [-0.39, 0.29) is 25.0 Å². The van der Waals surface area contributed by atoms with E-state index in [2.05, 4.69) is 17.2 Å². The predicted octanol–water partition coefficient (Wildman–Crippen LogP) is 2.53. The number of benzene rings is 1. The zero-order valence-corrected chi connectivity index (χ0v) is 15.4. The molecule has 0 heterocycles. The lowest BCUT2D eigenvalue weighted by molar-refractivity contribution is -0.125. The molecule has 0 saturated heterocycles. The molecule has 0 aliphatic rings. The van der Waals surface area contributed by atoms with Crippen LogP contribution in [0.3, 0.4) is 0 Å². The van der Waals surface area contributed by atoms with Gasteiger partial charge in [0, 0.05) is 30.3 Å². The second-order valence-corrected chi connectivity index (χ2v) is 6.34. The first-order chi connectivity index (χ1) is 11.9. The van der Waals surface area contributed by atoms with Crippen molar-refractivity contribution < 1.29 is 19.1 Å². The number of ether oxygens (including phenoxy) is 2. The molecule has 0 aromatic heterocycles. The first kappa shape index (κ1) is 21.0. The van der Waals surface area contributed by atoms with Gasteiger partial charge in [0.1, 0.15) is 12.4 Å². The molecule has 6 nitrogen and oxygen atoms in total. The maximum atomic E-state index is 11.7. The van der Waals surface area contributed by atoms with Gasteiger partial charge in [-0.1, -0.05) is 32.0 Å². The molecular formula is C18H25ClN2O4. The van der Waals surface area contributed by atoms with E-state index in [4.69, 9.17) is 21.1 Å². The summed E-state index contributed by atoms with van der Waals surface area (Å²) in [6.07, 6.45) is 0.433. The Bertz CT molecular complexity index is 573. The largest absolute Gasteiger partial charge is 0.484 e. The summed E-state index contributed by atoms with van der Waals surface area (Å²) >= 11 is 5.77. The summed E-state index contributed by atoms with van der Waals surface area (Å²) in [7, 11) is 0. The van der Waals surface area contributed by atoms with Crippen LogP contribution in [-0.4, -0.2) is 38.2 Å². The van der Waals surface area contributed by atoms with Crippen LogP contribution in [0.5, 0.6) is 5.75 Å². The van der Waals surface area contributed by atoms with Crippen molar-refractivity contribution in [1.29, 1.82) is 0 Å². The Kier molecular flexibility index (Phi) is 9.65. The molecule has 25 heavy (non-hydrogen) atoms. The topological polar surface area (TPSA) is 76.7 Å². The summed E-state index contributed by atoms with van der Waals surface area (Å²) < 4.78 is 10.6. The van der Waals surface area contributed by atoms with Gasteiger partial charge in [-0.3, -0.25) is 9.59 Å². The van der Waals surface area contributed by atoms with Gasteiger partial charge in [0.2, 0.25) is 5.91 Å². The third-order valence-corrected chi connectivity index (χ3v) is 3.19. The molecule has 1 aromatic carbocycles. The summed E-state index contributed by atoms with van der Waals surface area (Å²) in [4.78, 5) is 23.3. The smallest absolute Gasteiger partial charge is 0.257 e. The Morgan fingerprint density at radius 3 is 2.48 bits per heavy atom. The van der Waals surface area contributed by atoms with Gasteiger partial charge in [0.15, 0.2) is 6.61 Å². The molecule has 2 N–H and O–H groups in total. The maximum Gasteiger partial charge on any atom is 0.257 e. The highest BCUT2D eigenvalue weighted by Crippen LogP contribution is 2.15. The van der Waals surface area contributed by atoms with Crippen molar-refractivity contribution in [3.05, 3.63) is 41.6 Å². The third kappa shape index (κ3) is 10.4. The molecule has 0 atom stereocenters. The highest BCUT2D eigenvalue weighted by Gasteiger charge is 2.06. The Hall–Kier alpha value is -2.05. The van der Waals surface area contributed by atoms with Gasteiger partial charge in [-0.25, -0.2) is 0 Å². The number of nitrogens with one attached hydrogen (secondary N) is 2. The van der Waals surface area contributed by atoms with E-state index < -0.39 is 0 Å². The molecular weight excluding hydrogens is 344 g/mol. The molecule has 0 aliphatic carbocycles. The number of halogens is 1. The van der Waals surface area contributed by atoms with Crippen LogP contribution in [0.15, 0.2) is 36.5 Å². The van der Waals surface area contributed by atoms with Crippen LogP contribution in [0.4, 0.5) is 0 Å². The molecule has 0 fully saturated rings. The number of amides is 2. The molecule has 0 saturated carbocycles. The van der Waals surface area contributed by atoms with Crippen molar-refractivity contribution in [3.8, 4) is 5.75 Å². The Labute approximate surface area is 153 Å². The summed E-state index contributed by atoms with van der Waals surface area (Å²) in [6.45, 7) is 8.57. The minimum absolute atomic E-state index is 0.00150. The van der Waals surface area contributed by atoms with Gasteiger partial charge in [0.25, 0.3) is 5.91 Å².